The van der Waals surface area contributed by atoms with Crippen molar-refractivity contribution in [3.05, 3.63) is 11.4 Å². The first-order valence-electron chi connectivity index (χ1n) is 7.18. The minimum Gasteiger partial charge on any atom is -0.455 e. The summed E-state index contributed by atoms with van der Waals surface area (Å²) < 4.78 is 12.0. The normalized spacial score (nSPS) is 12.0. The van der Waals surface area contributed by atoms with Gasteiger partial charge in [-0.25, -0.2) is 9.48 Å². The van der Waals surface area contributed by atoms with Crippen LogP contribution in [0.2, 0.25) is 25.7 Å². The SMILES string of the molecule is CC(C)(C)OC(=O)c1nnn(COCC[Si](C)(C)C)c1C#N. The van der Waals surface area contributed by atoms with E-state index >= 15 is 0 Å². The van der Waals surface area contributed by atoms with Crippen LogP contribution in [0.5, 0.6) is 0 Å². The summed E-state index contributed by atoms with van der Waals surface area (Å²) in [7, 11) is -1.17. The first kappa shape index (κ1) is 18.3. The average molecular weight is 324 g/mol. The third-order valence-electron chi connectivity index (χ3n) is 2.64. The lowest BCUT2D eigenvalue weighted by Gasteiger charge is -2.18. The lowest BCUT2D eigenvalue weighted by molar-refractivity contribution is 0.00622. The maximum Gasteiger partial charge on any atom is 0.362 e. The predicted octanol–water partition coefficient (Wildman–Crippen LogP) is 2.42. The van der Waals surface area contributed by atoms with Crippen molar-refractivity contribution in [1.29, 1.82) is 5.26 Å². The highest BCUT2D eigenvalue weighted by Gasteiger charge is 2.25. The van der Waals surface area contributed by atoms with E-state index in [1.807, 2.05) is 6.07 Å². The first-order valence-corrected chi connectivity index (χ1v) is 10.9. The van der Waals surface area contributed by atoms with E-state index in [2.05, 4.69) is 30.0 Å². The van der Waals surface area contributed by atoms with Crippen LogP contribution in [0.4, 0.5) is 0 Å². The molecular weight excluding hydrogens is 300 g/mol. The number of hydrogen-bond donors (Lipinski definition) is 0. The fraction of sp³-hybridized carbons (Fsp3) is 0.714. The lowest BCUT2D eigenvalue weighted by atomic mass is 10.2. The molecule has 0 aromatic carbocycles. The van der Waals surface area contributed by atoms with Gasteiger partial charge in [-0.15, -0.1) is 5.10 Å². The van der Waals surface area contributed by atoms with E-state index in [0.29, 0.717) is 6.61 Å². The number of ether oxygens (including phenoxy) is 2. The molecule has 1 aromatic rings. The number of nitriles is 1. The molecule has 0 bridgehead atoms. The van der Waals surface area contributed by atoms with Crippen molar-refractivity contribution >= 4 is 14.0 Å². The molecule has 0 N–H and O–H groups in total. The lowest BCUT2D eigenvalue weighted by Crippen LogP contribution is -2.24. The second kappa shape index (κ2) is 7.02. The Morgan fingerprint density at radius 2 is 2.00 bits per heavy atom. The summed E-state index contributed by atoms with van der Waals surface area (Å²) in [6, 6.07) is 2.95. The summed E-state index contributed by atoms with van der Waals surface area (Å²) >= 11 is 0. The van der Waals surface area contributed by atoms with Crippen LogP contribution in [0.1, 0.15) is 37.0 Å². The van der Waals surface area contributed by atoms with E-state index in [4.69, 9.17) is 9.47 Å². The van der Waals surface area contributed by atoms with E-state index in [0.717, 1.165) is 6.04 Å². The van der Waals surface area contributed by atoms with Crippen molar-refractivity contribution < 1.29 is 14.3 Å². The molecule has 0 amide bonds. The van der Waals surface area contributed by atoms with E-state index < -0.39 is 19.6 Å². The van der Waals surface area contributed by atoms with E-state index in [1.165, 1.54) is 4.68 Å². The molecule has 1 heterocycles. The number of nitrogens with zero attached hydrogens (tertiary/aromatic N) is 4. The van der Waals surface area contributed by atoms with Crippen LogP contribution in [0.3, 0.4) is 0 Å². The first-order chi connectivity index (χ1) is 10.0. The Morgan fingerprint density at radius 1 is 1.36 bits per heavy atom. The Labute approximate surface area is 132 Å². The van der Waals surface area contributed by atoms with Gasteiger partial charge in [0.25, 0.3) is 0 Å². The number of rotatable bonds is 6. The Hall–Kier alpha value is -1.72. The smallest absolute Gasteiger partial charge is 0.362 e. The molecule has 1 aromatic heterocycles. The molecule has 8 heteroatoms. The fourth-order valence-corrected chi connectivity index (χ4v) is 2.26. The largest absolute Gasteiger partial charge is 0.455 e. The zero-order valence-electron chi connectivity index (χ0n) is 14.1. The summed E-state index contributed by atoms with van der Waals surface area (Å²) in [6.07, 6.45) is 0. The van der Waals surface area contributed by atoms with Crippen LogP contribution in [0.25, 0.3) is 0 Å². The minimum absolute atomic E-state index is 0.0576. The number of esters is 1. The van der Waals surface area contributed by atoms with Gasteiger partial charge in [0.15, 0.2) is 5.69 Å². The van der Waals surface area contributed by atoms with Gasteiger partial charge in [-0.05, 0) is 26.8 Å². The van der Waals surface area contributed by atoms with Gasteiger partial charge in [0.2, 0.25) is 5.69 Å². The third-order valence-corrected chi connectivity index (χ3v) is 4.35. The van der Waals surface area contributed by atoms with Gasteiger partial charge in [-0.1, -0.05) is 24.9 Å². The molecule has 0 saturated heterocycles. The van der Waals surface area contributed by atoms with Crippen LogP contribution in [0.15, 0.2) is 0 Å². The van der Waals surface area contributed by atoms with Gasteiger partial charge in [-0.2, -0.15) is 5.26 Å². The Kier molecular flexibility index (Phi) is 5.85. The van der Waals surface area contributed by atoms with E-state index in [1.54, 1.807) is 20.8 Å². The average Bonchev–Trinajstić information content (AvgIpc) is 2.74. The molecule has 1 rings (SSSR count). The Bertz CT molecular complexity index is 564. The van der Waals surface area contributed by atoms with Crippen LogP contribution >= 0.6 is 0 Å². The number of hydrogen-bond acceptors (Lipinski definition) is 6. The van der Waals surface area contributed by atoms with Crippen LogP contribution < -0.4 is 0 Å². The van der Waals surface area contributed by atoms with E-state index in [-0.39, 0.29) is 18.1 Å². The standard InChI is InChI=1S/C14H24N4O3Si/c1-14(2,3)21-13(19)12-11(9-15)18(17-16-12)10-20-7-8-22(4,5)6/h7-8,10H2,1-6H3. The van der Waals surface area contributed by atoms with Crippen molar-refractivity contribution in [2.45, 2.75) is 58.8 Å². The van der Waals surface area contributed by atoms with Gasteiger partial charge in [-0.3, -0.25) is 0 Å². The maximum atomic E-state index is 12.0. The highest BCUT2D eigenvalue weighted by Crippen LogP contribution is 2.13. The monoisotopic (exact) mass is 324 g/mol. The molecule has 0 aliphatic heterocycles. The van der Waals surface area contributed by atoms with Crippen LogP contribution in [-0.2, 0) is 16.2 Å². The Morgan fingerprint density at radius 3 is 2.50 bits per heavy atom. The van der Waals surface area contributed by atoms with Crippen molar-refractivity contribution in [3.8, 4) is 6.07 Å². The van der Waals surface area contributed by atoms with Crippen LogP contribution in [0, 0.1) is 11.3 Å². The molecular formula is C14H24N4O3Si. The highest BCUT2D eigenvalue weighted by molar-refractivity contribution is 6.76. The van der Waals surface area contributed by atoms with Crippen molar-refractivity contribution in [3.63, 3.8) is 0 Å². The molecule has 0 aliphatic carbocycles. The van der Waals surface area contributed by atoms with Crippen molar-refractivity contribution in [2.75, 3.05) is 6.61 Å². The topological polar surface area (TPSA) is 90.0 Å². The molecule has 0 spiro atoms. The molecule has 22 heavy (non-hydrogen) atoms. The van der Waals surface area contributed by atoms with Crippen molar-refractivity contribution in [2.24, 2.45) is 0 Å². The van der Waals surface area contributed by atoms with Crippen LogP contribution in [-0.4, -0.2) is 41.2 Å². The van der Waals surface area contributed by atoms with Gasteiger partial charge in [0.1, 0.15) is 18.4 Å². The molecule has 0 unspecified atom stereocenters. The number of carbonyl (C=O) groups excluding carboxylic acids is 1. The fourth-order valence-electron chi connectivity index (χ4n) is 1.51. The van der Waals surface area contributed by atoms with Gasteiger partial charge >= 0.3 is 5.97 Å². The summed E-state index contributed by atoms with van der Waals surface area (Å²) in [6.45, 7) is 12.7. The predicted molar refractivity (Wildman–Crippen MR) is 84.0 cm³/mol. The zero-order chi connectivity index (χ0) is 17.0. The molecule has 0 atom stereocenters. The molecule has 0 fully saturated rings. The van der Waals surface area contributed by atoms with Gasteiger partial charge in [0, 0.05) is 14.7 Å². The van der Waals surface area contributed by atoms with Gasteiger partial charge in [0.05, 0.1) is 0 Å². The summed E-state index contributed by atoms with van der Waals surface area (Å²) in [4.78, 5) is 12.0. The number of carbonyl (C=O) groups is 1. The Balaban J connectivity index is 2.71. The maximum absolute atomic E-state index is 12.0. The molecule has 0 radical (unpaired) electrons. The second-order valence-corrected chi connectivity index (χ2v) is 12.9. The summed E-state index contributed by atoms with van der Waals surface area (Å²) in [5.74, 6) is -0.655. The van der Waals surface area contributed by atoms with Gasteiger partial charge < -0.3 is 9.47 Å². The molecule has 0 aliphatic rings. The molecule has 122 valence electrons. The quantitative estimate of drug-likeness (QED) is 0.453. The summed E-state index contributed by atoms with van der Waals surface area (Å²) in [5, 5.41) is 16.8. The second-order valence-electron chi connectivity index (χ2n) is 7.25. The third kappa shape index (κ3) is 5.95. The number of aromatic nitrogens is 3. The molecule has 7 nitrogen and oxygen atoms in total. The van der Waals surface area contributed by atoms with Crippen molar-refractivity contribution in [1.82, 2.24) is 15.0 Å². The summed E-state index contributed by atoms with van der Waals surface area (Å²) in [5.41, 5.74) is -0.671. The minimum atomic E-state index is -1.17. The highest BCUT2D eigenvalue weighted by atomic mass is 28.3. The zero-order valence-corrected chi connectivity index (χ0v) is 15.1. The van der Waals surface area contributed by atoms with E-state index in [9.17, 15) is 10.1 Å². The molecule has 0 saturated carbocycles.